The van der Waals surface area contributed by atoms with Gasteiger partial charge in [0.15, 0.2) is 0 Å². The van der Waals surface area contributed by atoms with Crippen LogP contribution in [0.1, 0.15) is 5.56 Å². The second-order valence-corrected chi connectivity index (χ2v) is 4.97. The molecule has 0 radical (unpaired) electrons. The summed E-state index contributed by atoms with van der Waals surface area (Å²) in [6.45, 7) is 0.753. The van der Waals surface area contributed by atoms with E-state index in [9.17, 15) is 0 Å². The number of nitrogens with zero attached hydrogens (tertiary/aromatic N) is 2. The molecule has 0 bridgehead atoms. The van der Waals surface area contributed by atoms with Crippen LogP contribution in [0, 0.1) is 0 Å². The van der Waals surface area contributed by atoms with Crippen molar-refractivity contribution < 1.29 is 0 Å². The first kappa shape index (κ1) is 11.9. The average Bonchev–Trinajstić information content (AvgIpc) is 3.01. The number of hydrogen-bond donors (Lipinski definition) is 1. The Hall–Kier alpha value is -2.20. The van der Waals surface area contributed by atoms with Gasteiger partial charge in [-0.2, -0.15) is 11.3 Å². The molecule has 3 heterocycles. The lowest BCUT2D eigenvalue weighted by Gasteiger charge is -2.07. The van der Waals surface area contributed by atoms with Crippen LogP contribution in [0.15, 0.2) is 59.8 Å². The normalized spacial score (nSPS) is 10.3. The first-order chi connectivity index (χ1) is 9.42. The molecule has 0 saturated carbocycles. The van der Waals surface area contributed by atoms with E-state index in [1.165, 1.54) is 5.56 Å². The Bertz CT molecular complexity index is 636. The molecular weight excluding hydrogens is 254 g/mol. The lowest BCUT2D eigenvalue weighted by atomic mass is 10.1. The molecule has 0 aromatic carbocycles. The number of rotatable bonds is 4. The van der Waals surface area contributed by atoms with Crippen molar-refractivity contribution in [1.29, 1.82) is 0 Å². The molecule has 3 nitrogen and oxygen atoms in total. The first-order valence-corrected chi connectivity index (χ1v) is 6.96. The molecule has 0 atom stereocenters. The number of thiophene rings is 1. The fourth-order valence-electron chi connectivity index (χ4n) is 1.83. The fraction of sp³-hybridized carbons (Fsp3) is 0.0667. The lowest BCUT2D eigenvalue weighted by Crippen LogP contribution is -2.00. The van der Waals surface area contributed by atoms with Crippen molar-refractivity contribution in [2.24, 2.45) is 0 Å². The van der Waals surface area contributed by atoms with E-state index < -0.39 is 0 Å². The lowest BCUT2D eigenvalue weighted by molar-refractivity contribution is 1.11. The van der Waals surface area contributed by atoms with Crippen LogP contribution in [0.4, 0.5) is 5.69 Å². The third-order valence-corrected chi connectivity index (χ3v) is 3.50. The molecule has 0 aliphatic heterocycles. The molecule has 0 aliphatic carbocycles. The molecule has 1 N–H and O–H groups in total. The zero-order chi connectivity index (χ0) is 12.9. The number of aromatic nitrogens is 2. The topological polar surface area (TPSA) is 37.8 Å². The van der Waals surface area contributed by atoms with Gasteiger partial charge in [0.25, 0.3) is 0 Å². The molecule has 4 heteroatoms. The molecule has 0 amide bonds. The van der Waals surface area contributed by atoms with Crippen molar-refractivity contribution in [2.45, 2.75) is 6.54 Å². The highest BCUT2D eigenvalue weighted by atomic mass is 32.1. The van der Waals surface area contributed by atoms with Gasteiger partial charge in [0.05, 0.1) is 5.69 Å². The number of pyridine rings is 2. The van der Waals surface area contributed by atoms with E-state index in [4.69, 9.17) is 0 Å². The van der Waals surface area contributed by atoms with Crippen LogP contribution < -0.4 is 5.32 Å². The smallest absolute Gasteiger partial charge is 0.0535 e. The van der Waals surface area contributed by atoms with Crippen molar-refractivity contribution in [3.05, 3.63) is 65.4 Å². The van der Waals surface area contributed by atoms with Crippen molar-refractivity contribution in [3.63, 3.8) is 0 Å². The summed E-state index contributed by atoms with van der Waals surface area (Å²) in [5, 5.41) is 7.57. The summed E-state index contributed by atoms with van der Waals surface area (Å²) in [4.78, 5) is 8.38. The van der Waals surface area contributed by atoms with Gasteiger partial charge in [-0.3, -0.25) is 9.97 Å². The van der Waals surface area contributed by atoms with Crippen LogP contribution in [-0.2, 0) is 6.54 Å². The minimum absolute atomic E-state index is 0.753. The molecule has 0 aliphatic rings. The van der Waals surface area contributed by atoms with Gasteiger partial charge in [-0.15, -0.1) is 0 Å². The van der Waals surface area contributed by atoms with Crippen LogP contribution in [0.25, 0.3) is 11.1 Å². The molecule has 3 aromatic heterocycles. The van der Waals surface area contributed by atoms with Crippen molar-refractivity contribution in [2.75, 3.05) is 5.32 Å². The van der Waals surface area contributed by atoms with Crippen molar-refractivity contribution in [1.82, 2.24) is 9.97 Å². The highest BCUT2D eigenvalue weighted by molar-refractivity contribution is 7.08. The second kappa shape index (κ2) is 5.63. The Labute approximate surface area is 116 Å². The Morgan fingerprint density at radius 3 is 2.84 bits per heavy atom. The highest BCUT2D eigenvalue weighted by Crippen LogP contribution is 2.23. The summed E-state index contributed by atoms with van der Waals surface area (Å²) >= 11 is 1.69. The minimum atomic E-state index is 0.753. The Morgan fingerprint density at radius 2 is 2.05 bits per heavy atom. The molecule has 0 spiro atoms. The van der Waals surface area contributed by atoms with E-state index in [1.807, 2.05) is 24.7 Å². The van der Waals surface area contributed by atoms with Gasteiger partial charge in [-0.05, 0) is 40.1 Å². The van der Waals surface area contributed by atoms with Gasteiger partial charge in [-0.25, -0.2) is 0 Å². The van der Waals surface area contributed by atoms with E-state index in [0.29, 0.717) is 0 Å². The Morgan fingerprint density at radius 1 is 1.05 bits per heavy atom. The number of hydrogen-bond acceptors (Lipinski definition) is 4. The SMILES string of the molecule is c1cncc(CNc2cncc(-c3ccsc3)c2)c1. The third kappa shape index (κ3) is 2.98. The second-order valence-electron chi connectivity index (χ2n) is 4.19. The zero-order valence-corrected chi connectivity index (χ0v) is 11.1. The minimum Gasteiger partial charge on any atom is -0.380 e. The van der Waals surface area contributed by atoms with Gasteiger partial charge in [0.2, 0.25) is 0 Å². The van der Waals surface area contributed by atoms with Crippen LogP contribution in [0.5, 0.6) is 0 Å². The predicted octanol–water partition coefficient (Wildman–Crippen LogP) is 3.82. The van der Waals surface area contributed by atoms with Crippen LogP contribution >= 0.6 is 11.3 Å². The predicted molar refractivity (Wildman–Crippen MR) is 79.1 cm³/mol. The van der Waals surface area contributed by atoms with Crippen LogP contribution in [0.2, 0.25) is 0 Å². The molecule has 0 saturated heterocycles. The summed E-state index contributed by atoms with van der Waals surface area (Å²) < 4.78 is 0. The quantitative estimate of drug-likeness (QED) is 0.781. The molecule has 3 rings (SSSR count). The molecule has 3 aromatic rings. The van der Waals surface area contributed by atoms with Gasteiger partial charge < -0.3 is 5.32 Å². The maximum atomic E-state index is 4.28. The van der Waals surface area contributed by atoms with Gasteiger partial charge in [0.1, 0.15) is 0 Å². The van der Waals surface area contributed by atoms with E-state index in [1.54, 1.807) is 17.5 Å². The maximum absolute atomic E-state index is 4.28. The van der Waals surface area contributed by atoms with Gasteiger partial charge in [-0.1, -0.05) is 6.07 Å². The Balaban J connectivity index is 1.74. The van der Waals surface area contributed by atoms with E-state index in [-0.39, 0.29) is 0 Å². The molecule has 94 valence electrons. The van der Waals surface area contributed by atoms with Crippen molar-refractivity contribution >= 4 is 17.0 Å². The number of nitrogens with one attached hydrogen (secondary N) is 1. The van der Waals surface area contributed by atoms with Crippen LogP contribution in [0.3, 0.4) is 0 Å². The van der Waals surface area contributed by atoms with E-state index in [0.717, 1.165) is 23.4 Å². The molecule has 19 heavy (non-hydrogen) atoms. The van der Waals surface area contributed by atoms with Gasteiger partial charge >= 0.3 is 0 Å². The standard InChI is InChI=1S/C15H13N3S/c1-2-12(7-16-4-1)8-18-15-6-14(9-17-10-15)13-3-5-19-11-13/h1-7,9-11,18H,8H2. The summed E-state index contributed by atoms with van der Waals surface area (Å²) in [6.07, 6.45) is 7.37. The summed E-state index contributed by atoms with van der Waals surface area (Å²) in [5.41, 5.74) is 4.52. The van der Waals surface area contributed by atoms with E-state index >= 15 is 0 Å². The van der Waals surface area contributed by atoms with Gasteiger partial charge in [0, 0.05) is 36.9 Å². The molecule has 0 unspecified atom stereocenters. The monoisotopic (exact) mass is 267 g/mol. The first-order valence-electron chi connectivity index (χ1n) is 6.02. The highest BCUT2D eigenvalue weighted by Gasteiger charge is 2.00. The maximum Gasteiger partial charge on any atom is 0.0535 e. The fourth-order valence-corrected chi connectivity index (χ4v) is 2.50. The average molecular weight is 267 g/mol. The molecular formula is C15H13N3S. The van der Waals surface area contributed by atoms with Crippen LogP contribution in [-0.4, -0.2) is 9.97 Å². The summed E-state index contributed by atoms with van der Waals surface area (Å²) in [5.74, 6) is 0. The largest absolute Gasteiger partial charge is 0.380 e. The van der Waals surface area contributed by atoms with Crippen molar-refractivity contribution in [3.8, 4) is 11.1 Å². The zero-order valence-electron chi connectivity index (χ0n) is 10.3. The molecule has 0 fully saturated rings. The summed E-state index contributed by atoms with van der Waals surface area (Å²) in [6, 6.07) is 8.21. The van der Waals surface area contributed by atoms with E-state index in [2.05, 4.69) is 44.2 Å². The number of anilines is 1. The summed E-state index contributed by atoms with van der Waals surface area (Å²) in [7, 11) is 0. The third-order valence-electron chi connectivity index (χ3n) is 2.81. The Kier molecular flexibility index (Phi) is 3.51.